The van der Waals surface area contributed by atoms with Gasteiger partial charge in [-0.25, -0.2) is 4.79 Å². The third-order valence-electron chi connectivity index (χ3n) is 4.92. The molecule has 1 aliphatic heterocycles. The Morgan fingerprint density at radius 3 is 2.87 bits per heavy atom. The predicted octanol–water partition coefficient (Wildman–Crippen LogP) is 4.39. The van der Waals surface area contributed by atoms with Gasteiger partial charge in [0.15, 0.2) is 19.0 Å². The van der Waals surface area contributed by atoms with Gasteiger partial charge in [-0.05, 0) is 65.8 Å². The molecule has 30 heavy (non-hydrogen) atoms. The van der Waals surface area contributed by atoms with Crippen molar-refractivity contribution in [1.29, 1.82) is 0 Å². The summed E-state index contributed by atoms with van der Waals surface area (Å²) in [5.41, 5.74) is 2.56. The fourth-order valence-electron chi connectivity index (χ4n) is 3.61. The minimum Gasteiger partial charge on any atom is -0.478 e. The van der Waals surface area contributed by atoms with Crippen LogP contribution in [0.15, 0.2) is 48.7 Å². The number of halogens is 2. The highest BCUT2D eigenvalue weighted by atomic mass is 127. The van der Waals surface area contributed by atoms with Crippen LogP contribution < -0.4 is 9.64 Å². The van der Waals surface area contributed by atoms with Crippen molar-refractivity contribution in [2.24, 2.45) is 0 Å². The Bertz CT molecular complexity index is 1140. The van der Waals surface area contributed by atoms with E-state index in [0.29, 0.717) is 16.3 Å². The maximum atomic E-state index is 12.6. The van der Waals surface area contributed by atoms with E-state index in [0.717, 1.165) is 26.6 Å². The van der Waals surface area contributed by atoms with Crippen molar-refractivity contribution in [3.05, 3.63) is 62.8 Å². The molecule has 1 atom stereocenters. The normalized spacial score (nSPS) is 15.2. The second-order valence-electron chi connectivity index (χ2n) is 6.96. The molecule has 1 aliphatic rings. The maximum absolute atomic E-state index is 12.6. The molecule has 1 aromatic heterocycles. The lowest BCUT2D eigenvalue weighted by molar-refractivity contribution is -0.149. The SMILES string of the molecule is C[C@@H]1Cc2ccccc2N1C(=O)COC(=O)COc1c(I)cc(Cl)c2cccnc12. The number of hydrogen-bond acceptors (Lipinski definition) is 5. The van der Waals surface area contributed by atoms with Crippen molar-refractivity contribution in [2.75, 3.05) is 18.1 Å². The molecule has 0 unspecified atom stereocenters. The van der Waals surface area contributed by atoms with Crippen molar-refractivity contribution in [3.8, 4) is 5.75 Å². The Labute approximate surface area is 192 Å². The van der Waals surface area contributed by atoms with Crippen LogP contribution in [0.5, 0.6) is 5.75 Å². The number of carbonyl (C=O) groups is 2. The number of rotatable bonds is 5. The number of para-hydroxylation sites is 1. The topological polar surface area (TPSA) is 68.7 Å². The van der Waals surface area contributed by atoms with Crippen LogP contribution >= 0.6 is 34.2 Å². The van der Waals surface area contributed by atoms with E-state index in [1.54, 1.807) is 23.2 Å². The highest BCUT2D eigenvalue weighted by Gasteiger charge is 2.31. The van der Waals surface area contributed by atoms with Crippen molar-refractivity contribution in [3.63, 3.8) is 0 Å². The second kappa shape index (κ2) is 8.77. The summed E-state index contributed by atoms with van der Waals surface area (Å²) in [7, 11) is 0. The van der Waals surface area contributed by atoms with Crippen LogP contribution in [0.1, 0.15) is 12.5 Å². The summed E-state index contributed by atoms with van der Waals surface area (Å²) in [6.07, 6.45) is 2.42. The van der Waals surface area contributed by atoms with Gasteiger partial charge in [-0.15, -0.1) is 0 Å². The first-order valence-corrected chi connectivity index (χ1v) is 10.8. The summed E-state index contributed by atoms with van der Waals surface area (Å²) in [5, 5.41) is 1.29. The summed E-state index contributed by atoms with van der Waals surface area (Å²) in [5.74, 6) is -0.423. The molecule has 154 valence electrons. The number of anilines is 1. The molecule has 0 radical (unpaired) electrons. The van der Waals surface area contributed by atoms with Crippen LogP contribution in [0, 0.1) is 3.57 Å². The molecule has 0 aliphatic carbocycles. The van der Waals surface area contributed by atoms with Gasteiger partial charge in [0.25, 0.3) is 5.91 Å². The molecule has 2 aromatic carbocycles. The zero-order chi connectivity index (χ0) is 21.3. The highest BCUT2D eigenvalue weighted by Crippen LogP contribution is 2.35. The highest BCUT2D eigenvalue weighted by molar-refractivity contribution is 14.1. The molecule has 0 spiro atoms. The third kappa shape index (κ3) is 4.09. The summed E-state index contributed by atoms with van der Waals surface area (Å²) in [4.78, 5) is 30.8. The van der Waals surface area contributed by atoms with Crippen molar-refractivity contribution >= 4 is 62.7 Å². The summed E-state index contributed by atoms with van der Waals surface area (Å²) in [6.45, 7) is 1.31. The quantitative estimate of drug-likeness (QED) is 0.357. The van der Waals surface area contributed by atoms with Crippen LogP contribution in [0.2, 0.25) is 5.02 Å². The number of ether oxygens (including phenoxy) is 2. The zero-order valence-electron chi connectivity index (χ0n) is 16.1. The van der Waals surface area contributed by atoms with E-state index < -0.39 is 5.97 Å². The van der Waals surface area contributed by atoms with Gasteiger partial charge >= 0.3 is 5.97 Å². The number of amides is 1. The van der Waals surface area contributed by atoms with E-state index in [2.05, 4.69) is 27.6 Å². The number of esters is 1. The predicted molar refractivity (Wildman–Crippen MR) is 123 cm³/mol. The van der Waals surface area contributed by atoms with Crippen LogP contribution in [0.25, 0.3) is 10.9 Å². The van der Waals surface area contributed by atoms with Crippen LogP contribution in [-0.4, -0.2) is 36.1 Å². The molecule has 0 fully saturated rings. The Balaban J connectivity index is 1.39. The molecule has 0 bridgehead atoms. The van der Waals surface area contributed by atoms with Gasteiger partial charge in [0.2, 0.25) is 0 Å². The first-order chi connectivity index (χ1) is 14.5. The van der Waals surface area contributed by atoms with E-state index >= 15 is 0 Å². The second-order valence-corrected chi connectivity index (χ2v) is 8.53. The van der Waals surface area contributed by atoms with Gasteiger partial charge in [-0.1, -0.05) is 29.8 Å². The summed E-state index contributed by atoms with van der Waals surface area (Å²) >= 11 is 8.34. The number of nitrogens with zero attached hydrogens (tertiary/aromatic N) is 2. The van der Waals surface area contributed by atoms with Crippen LogP contribution in [0.3, 0.4) is 0 Å². The molecule has 3 aromatic rings. The van der Waals surface area contributed by atoms with Gasteiger partial charge in [-0.3, -0.25) is 9.78 Å². The van der Waals surface area contributed by atoms with Crippen molar-refractivity contribution < 1.29 is 19.1 Å². The number of fused-ring (bicyclic) bond motifs is 2. The lowest BCUT2D eigenvalue weighted by atomic mass is 10.1. The van der Waals surface area contributed by atoms with Gasteiger partial charge in [0, 0.05) is 23.3 Å². The van der Waals surface area contributed by atoms with Gasteiger partial charge < -0.3 is 14.4 Å². The number of hydrogen-bond donors (Lipinski definition) is 0. The number of carbonyl (C=O) groups excluding carboxylic acids is 2. The Kier molecular flexibility index (Phi) is 6.10. The zero-order valence-corrected chi connectivity index (χ0v) is 19.0. The van der Waals surface area contributed by atoms with Gasteiger partial charge in [0.05, 0.1) is 8.59 Å². The van der Waals surface area contributed by atoms with Crippen LogP contribution in [0.4, 0.5) is 5.69 Å². The third-order valence-corrected chi connectivity index (χ3v) is 6.03. The lowest BCUT2D eigenvalue weighted by Gasteiger charge is -2.22. The number of benzene rings is 2. The molecule has 1 amide bonds. The lowest BCUT2D eigenvalue weighted by Crippen LogP contribution is -2.39. The molecule has 4 rings (SSSR count). The Morgan fingerprint density at radius 1 is 1.23 bits per heavy atom. The minimum absolute atomic E-state index is 0.0259. The standard InChI is InChI=1S/C22H18ClIN2O4/c1-13-9-14-5-2-3-7-18(14)26(13)19(27)11-29-20(28)12-30-22-17(24)10-16(23)15-6-4-8-25-21(15)22/h2-8,10,13H,9,11-12H2,1H3/t13-/m1/s1. The first kappa shape index (κ1) is 20.9. The average molecular weight is 537 g/mol. The maximum Gasteiger partial charge on any atom is 0.344 e. The molecule has 0 saturated heterocycles. The monoisotopic (exact) mass is 536 g/mol. The van der Waals surface area contributed by atoms with Gasteiger partial charge in [-0.2, -0.15) is 0 Å². The van der Waals surface area contributed by atoms with Crippen molar-refractivity contribution in [2.45, 2.75) is 19.4 Å². The van der Waals surface area contributed by atoms with E-state index in [9.17, 15) is 9.59 Å². The Morgan fingerprint density at radius 2 is 2.03 bits per heavy atom. The fourth-order valence-corrected chi connectivity index (χ4v) is 4.78. The molecule has 2 heterocycles. The number of aromatic nitrogens is 1. The largest absolute Gasteiger partial charge is 0.478 e. The summed E-state index contributed by atoms with van der Waals surface area (Å²) < 4.78 is 11.6. The fraction of sp³-hybridized carbons (Fsp3) is 0.227. The van der Waals surface area contributed by atoms with Crippen molar-refractivity contribution in [1.82, 2.24) is 4.98 Å². The summed E-state index contributed by atoms with van der Waals surface area (Å²) in [6, 6.07) is 13.1. The van der Waals surface area contributed by atoms with E-state index in [1.165, 1.54) is 0 Å². The van der Waals surface area contributed by atoms with E-state index in [4.69, 9.17) is 21.1 Å². The molecule has 0 saturated carbocycles. The molecule has 8 heteroatoms. The van der Waals surface area contributed by atoms with Crippen LogP contribution in [-0.2, 0) is 20.7 Å². The van der Waals surface area contributed by atoms with E-state index in [-0.39, 0.29) is 25.2 Å². The first-order valence-electron chi connectivity index (χ1n) is 9.37. The average Bonchev–Trinajstić information content (AvgIpc) is 3.07. The minimum atomic E-state index is -0.627. The molecule has 0 N–H and O–H groups in total. The molecular formula is C22H18ClIN2O4. The number of pyridine rings is 1. The smallest absolute Gasteiger partial charge is 0.344 e. The molecular weight excluding hydrogens is 519 g/mol. The Hall–Kier alpha value is -2.39. The van der Waals surface area contributed by atoms with Gasteiger partial charge in [0.1, 0.15) is 5.52 Å². The van der Waals surface area contributed by atoms with E-state index in [1.807, 2.05) is 37.3 Å². The molecule has 6 nitrogen and oxygen atoms in total.